The third-order valence-electron chi connectivity index (χ3n) is 2.03. The van der Waals surface area contributed by atoms with Gasteiger partial charge in [0, 0.05) is 19.2 Å². The van der Waals surface area contributed by atoms with Crippen LogP contribution in [0.3, 0.4) is 0 Å². The van der Waals surface area contributed by atoms with Crippen LogP contribution in [0.1, 0.15) is 20.8 Å². The van der Waals surface area contributed by atoms with Crippen molar-refractivity contribution >= 4 is 11.8 Å². The molecule has 0 saturated heterocycles. The van der Waals surface area contributed by atoms with E-state index in [1.807, 2.05) is 13.8 Å². The normalized spacial score (nSPS) is 9.84. The number of nitrogens with zero attached hydrogens (tertiary/aromatic N) is 1. The molecule has 0 atom stereocenters. The summed E-state index contributed by atoms with van der Waals surface area (Å²) in [4.78, 5) is 24.4. The standard InChI is InChI=1S/C12H18N2O3.C2H6/c1-5-6-9(2)11(16)13-10(3)12(17)14(4)7-8-15;1-2/h5-6,15H,1,3,7-8H2,2,4H3,(H,13,16);1-2H3/b9-6+;. The molecule has 0 heterocycles. The van der Waals surface area contributed by atoms with Gasteiger partial charge in [-0.2, -0.15) is 0 Å². The lowest BCUT2D eigenvalue weighted by molar-refractivity contribution is -0.128. The topological polar surface area (TPSA) is 69.6 Å². The summed E-state index contributed by atoms with van der Waals surface area (Å²) in [5.74, 6) is -0.834. The summed E-state index contributed by atoms with van der Waals surface area (Å²) in [5, 5.41) is 11.1. The van der Waals surface area contributed by atoms with Crippen molar-refractivity contribution < 1.29 is 14.7 Å². The third kappa shape index (κ3) is 7.94. The molecule has 0 spiro atoms. The third-order valence-corrected chi connectivity index (χ3v) is 2.03. The van der Waals surface area contributed by atoms with Crippen molar-refractivity contribution in [3.63, 3.8) is 0 Å². The number of aliphatic hydroxyl groups is 1. The van der Waals surface area contributed by atoms with Gasteiger partial charge < -0.3 is 15.3 Å². The number of hydrogen-bond donors (Lipinski definition) is 2. The quantitative estimate of drug-likeness (QED) is 0.562. The molecule has 0 bridgehead atoms. The van der Waals surface area contributed by atoms with E-state index in [2.05, 4.69) is 18.5 Å². The van der Waals surface area contributed by atoms with Crippen molar-refractivity contribution in [1.82, 2.24) is 10.2 Å². The fourth-order valence-corrected chi connectivity index (χ4v) is 1.02. The Kier molecular flexibility index (Phi) is 11.5. The number of amides is 2. The maximum Gasteiger partial charge on any atom is 0.269 e. The lowest BCUT2D eigenvalue weighted by Gasteiger charge is -2.17. The average Bonchev–Trinajstić information content (AvgIpc) is 2.40. The molecule has 2 N–H and O–H groups in total. The molecule has 0 aromatic rings. The minimum atomic E-state index is -0.432. The van der Waals surface area contributed by atoms with E-state index in [1.54, 1.807) is 6.92 Å². The van der Waals surface area contributed by atoms with Crippen LogP contribution in [0.2, 0.25) is 0 Å². The Morgan fingerprint density at radius 1 is 1.37 bits per heavy atom. The van der Waals surface area contributed by atoms with Gasteiger partial charge >= 0.3 is 0 Å². The Balaban J connectivity index is 0. The smallest absolute Gasteiger partial charge is 0.269 e. The van der Waals surface area contributed by atoms with Crippen molar-refractivity contribution in [2.24, 2.45) is 0 Å². The molecule has 5 nitrogen and oxygen atoms in total. The first-order valence-corrected chi connectivity index (χ1v) is 6.10. The number of carbonyl (C=O) groups excluding carboxylic acids is 2. The van der Waals surface area contributed by atoms with Crippen LogP contribution >= 0.6 is 0 Å². The van der Waals surface area contributed by atoms with E-state index in [4.69, 9.17) is 5.11 Å². The van der Waals surface area contributed by atoms with Crippen LogP contribution in [0.25, 0.3) is 0 Å². The number of carbonyl (C=O) groups is 2. The summed E-state index contributed by atoms with van der Waals surface area (Å²) in [6.07, 6.45) is 3.02. The molecule has 19 heavy (non-hydrogen) atoms. The number of allylic oxidation sites excluding steroid dienone is 2. The van der Waals surface area contributed by atoms with Gasteiger partial charge in [0.25, 0.3) is 11.8 Å². The Morgan fingerprint density at radius 3 is 2.32 bits per heavy atom. The molecule has 0 fully saturated rings. The highest BCUT2D eigenvalue weighted by Crippen LogP contribution is 1.98. The summed E-state index contributed by atoms with van der Waals surface area (Å²) < 4.78 is 0. The van der Waals surface area contributed by atoms with Gasteiger partial charge in [0.05, 0.1) is 12.3 Å². The van der Waals surface area contributed by atoms with Crippen molar-refractivity contribution in [2.75, 3.05) is 20.2 Å². The zero-order chi connectivity index (χ0) is 15.4. The Labute approximate surface area is 115 Å². The molecule has 0 rings (SSSR count). The SMILES string of the molecule is C=C/C=C(\C)C(=O)NC(=C)C(=O)N(C)CCO.CC. The Morgan fingerprint density at radius 2 is 1.89 bits per heavy atom. The number of nitrogens with one attached hydrogen (secondary N) is 1. The molecule has 2 amide bonds. The second kappa shape index (κ2) is 11.2. The molecule has 0 aromatic carbocycles. The summed E-state index contributed by atoms with van der Waals surface area (Å²) in [7, 11) is 1.52. The van der Waals surface area contributed by atoms with Gasteiger partial charge in [0.1, 0.15) is 0 Å². The number of aliphatic hydroxyl groups excluding tert-OH is 1. The maximum atomic E-state index is 11.6. The zero-order valence-electron chi connectivity index (χ0n) is 12.2. The molecule has 0 unspecified atom stereocenters. The van der Waals surface area contributed by atoms with Gasteiger partial charge in [-0.25, -0.2) is 0 Å². The van der Waals surface area contributed by atoms with Gasteiger partial charge in [-0.3, -0.25) is 9.59 Å². The van der Waals surface area contributed by atoms with E-state index in [9.17, 15) is 9.59 Å². The minimum Gasteiger partial charge on any atom is -0.395 e. The lowest BCUT2D eigenvalue weighted by Crippen LogP contribution is -2.37. The fourth-order valence-electron chi connectivity index (χ4n) is 1.02. The van der Waals surface area contributed by atoms with Gasteiger partial charge in [-0.15, -0.1) is 0 Å². The van der Waals surface area contributed by atoms with Gasteiger partial charge in [0.2, 0.25) is 0 Å². The second-order valence-electron chi connectivity index (χ2n) is 3.47. The van der Waals surface area contributed by atoms with Crippen molar-refractivity contribution in [3.8, 4) is 0 Å². The predicted molar refractivity (Wildman–Crippen MR) is 77.3 cm³/mol. The first-order chi connectivity index (χ1) is 8.93. The Bertz CT molecular complexity index is 360. The summed E-state index contributed by atoms with van der Waals surface area (Å²) in [6.45, 7) is 12.6. The van der Waals surface area contributed by atoms with E-state index in [1.165, 1.54) is 24.1 Å². The van der Waals surface area contributed by atoms with Crippen molar-refractivity contribution in [1.29, 1.82) is 0 Å². The number of hydrogen-bond acceptors (Lipinski definition) is 3. The van der Waals surface area contributed by atoms with Gasteiger partial charge in [-0.1, -0.05) is 39.2 Å². The molecule has 0 aliphatic heterocycles. The van der Waals surface area contributed by atoms with Crippen LogP contribution in [-0.4, -0.2) is 42.0 Å². The molecule has 0 aliphatic rings. The highest BCUT2D eigenvalue weighted by molar-refractivity contribution is 6.01. The molecular formula is C14H24N2O3. The maximum absolute atomic E-state index is 11.6. The monoisotopic (exact) mass is 268 g/mol. The number of likely N-dealkylation sites (N-methyl/N-ethyl adjacent to an activating group) is 1. The van der Waals surface area contributed by atoms with E-state index >= 15 is 0 Å². The largest absolute Gasteiger partial charge is 0.395 e. The average molecular weight is 268 g/mol. The van der Waals surface area contributed by atoms with Crippen LogP contribution in [0.4, 0.5) is 0 Å². The van der Waals surface area contributed by atoms with Crippen LogP contribution in [0.5, 0.6) is 0 Å². The highest BCUT2D eigenvalue weighted by atomic mass is 16.3. The Hall–Kier alpha value is -1.88. The van der Waals surface area contributed by atoms with Crippen LogP contribution in [-0.2, 0) is 9.59 Å². The van der Waals surface area contributed by atoms with Crippen molar-refractivity contribution in [3.05, 3.63) is 36.6 Å². The van der Waals surface area contributed by atoms with Gasteiger partial charge in [-0.05, 0) is 6.92 Å². The van der Waals surface area contributed by atoms with Crippen LogP contribution in [0, 0.1) is 0 Å². The summed E-state index contributed by atoms with van der Waals surface area (Å²) >= 11 is 0. The molecule has 0 aliphatic carbocycles. The second-order valence-corrected chi connectivity index (χ2v) is 3.47. The predicted octanol–water partition coefficient (Wildman–Crippen LogP) is 1.23. The van der Waals surface area contributed by atoms with Crippen LogP contribution < -0.4 is 5.32 Å². The van der Waals surface area contributed by atoms with Crippen molar-refractivity contribution in [2.45, 2.75) is 20.8 Å². The molecule has 108 valence electrons. The van der Waals surface area contributed by atoms with E-state index in [0.717, 1.165) is 0 Å². The molecule has 0 radical (unpaired) electrons. The van der Waals surface area contributed by atoms with E-state index in [0.29, 0.717) is 5.57 Å². The summed E-state index contributed by atoms with van der Waals surface area (Å²) in [5.41, 5.74) is 0.404. The van der Waals surface area contributed by atoms with E-state index in [-0.39, 0.29) is 18.8 Å². The molecule has 0 aromatic heterocycles. The summed E-state index contributed by atoms with van der Waals surface area (Å²) in [6, 6.07) is 0. The zero-order valence-corrected chi connectivity index (χ0v) is 12.2. The first kappa shape index (κ1) is 19.5. The molecular weight excluding hydrogens is 244 g/mol. The molecule has 5 heteroatoms. The molecule has 0 saturated carbocycles. The van der Waals surface area contributed by atoms with Gasteiger partial charge in [0.15, 0.2) is 0 Å². The highest BCUT2D eigenvalue weighted by Gasteiger charge is 2.15. The fraction of sp³-hybridized carbons (Fsp3) is 0.429. The number of rotatable bonds is 6. The minimum absolute atomic E-state index is 0.0252. The van der Waals surface area contributed by atoms with E-state index < -0.39 is 11.8 Å². The lowest BCUT2D eigenvalue weighted by atomic mass is 10.2. The van der Waals surface area contributed by atoms with Crippen LogP contribution in [0.15, 0.2) is 36.6 Å². The first-order valence-electron chi connectivity index (χ1n) is 6.10.